The van der Waals surface area contributed by atoms with Crippen LogP contribution in [0.2, 0.25) is 5.02 Å². The van der Waals surface area contributed by atoms with Crippen molar-refractivity contribution in [2.45, 2.75) is 6.92 Å². The topological polar surface area (TPSA) is 79.4 Å². The molecule has 0 unspecified atom stereocenters. The maximum Gasteiger partial charge on any atom is 0.241 e. The molecule has 1 heterocycles. The molecule has 0 saturated carbocycles. The molecule has 2 rings (SSSR count). The van der Waals surface area contributed by atoms with E-state index in [2.05, 4.69) is 10.3 Å². The predicted molar refractivity (Wildman–Crippen MR) is 85.5 cm³/mol. The molecule has 1 N–H and O–H groups in total. The number of thiazole rings is 1. The van der Waals surface area contributed by atoms with Crippen molar-refractivity contribution >= 4 is 54.2 Å². The van der Waals surface area contributed by atoms with Crippen molar-refractivity contribution in [3.8, 4) is 0 Å². The molecule has 0 bridgehead atoms. The van der Waals surface area contributed by atoms with Crippen LogP contribution in [-0.2, 0) is 14.8 Å². The number of nitrogens with zero attached hydrogens (tertiary/aromatic N) is 2. The largest absolute Gasteiger partial charge is 0.301 e. The third-order valence-electron chi connectivity index (χ3n) is 2.93. The van der Waals surface area contributed by atoms with E-state index in [0.29, 0.717) is 10.2 Å². The number of nitrogens with one attached hydrogen (secondary N) is 1. The van der Waals surface area contributed by atoms with Gasteiger partial charge in [-0.05, 0) is 24.6 Å². The first kappa shape index (κ1) is 16.2. The molecule has 114 valence electrons. The van der Waals surface area contributed by atoms with E-state index in [0.717, 1.165) is 26.3 Å². The van der Waals surface area contributed by atoms with Crippen LogP contribution in [0.15, 0.2) is 12.1 Å². The molecule has 1 amide bonds. The minimum atomic E-state index is -3.39. The Morgan fingerprint density at radius 3 is 2.76 bits per heavy atom. The van der Waals surface area contributed by atoms with Gasteiger partial charge in [-0.2, -0.15) is 4.31 Å². The zero-order chi connectivity index (χ0) is 15.8. The van der Waals surface area contributed by atoms with Gasteiger partial charge < -0.3 is 5.32 Å². The second kappa shape index (κ2) is 5.88. The van der Waals surface area contributed by atoms with Gasteiger partial charge in [0, 0.05) is 12.1 Å². The second-order valence-corrected chi connectivity index (χ2v) is 8.13. The maximum absolute atomic E-state index is 11.8. The van der Waals surface area contributed by atoms with Crippen LogP contribution in [0, 0.1) is 6.92 Å². The molecule has 0 fully saturated rings. The molecule has 21 heavy (non-hydrogen) atoms. The van der Waals surface area contributed by atoms with Crippen LogP contribution < -0.4 is 5.32 Å². The number of carbonyl (C=O) groups excluding carboxylic acids is 1. The number of hydrogen-bond acceptors (Lipinski definition) is 5. The number of sulfonamides is 1. The van der Waals surface area contributed by atoms with Gasteiger partial charge in [0.05, 0.1) is 23.0 Å². The average molecular weight is 348 g/mol. The van der Waals surface area contributed by atoms with Gasteiger partial charge in [0.25, 0.3) is 0 Å². The van der Waals surface area contributed by atoms with Crippen molar-refractivity contribution in [1.29, 1.82) is 0 Å². The molecule has 0 radical (unpaired) electrons. The minimum absolute atomic E-state index is 0.255. The van der Waals surface area contributed by atoms with Crippen molar-refractivity contribution in [3.05, 3.63) is 22.7 Å². The highest BCUT2D eigenvalue weighted by Gasteiger charge is 2.16. The molecule has 0 spiro atoms. The number of anilines is 1. The lowest BCUT2D eigenvalue weighted by Crippen LogP contribution is -2.34. The van der Waals surface area contributed by atoms with Crippen molar-refractivity contribution in [1.82, 2.24) is 9.29 Å². The lowest BCUT2D eigenvalue weighted by atomic mass is 10.2. The van der Waals surface area contributed by atoms with Crippen LogP contribution >= 0.6 is 22.9 Å². The number of rotatable bonds is 4. The zero-order valence-corrected chi connectivity index (χ0v) is 14.1. The van der Waals surface area contributed by atoms with Crippen LogP contribution in [0.5, 0.6) is 0 Å². The molecule has 1 aromatic heterocycles. The highest BCUT2D eigenvalue weighted by molar-refractivity contribution is 7.88. The first-order valence-electron chi connectivity index (χ1n) is 5.95. The van der Waals surface area contributed by atoms with Gasteiger partial charge in [-0.25, -0.2) is 13.4 Å². The number of aryl methyl sites for hydroxylation is 1. The number of likely N-dealkylation sites (N-methyl/N-ethyl adjacent to an activating group) is 1. The Morgan fingerprint density at radius 2 is 2.14 bits per heavy atom. The fourth-order valence-electron chi connectivity index (χ4n) is 1.63. The van der Waals surface area contributed by atoms with E-state index in [-0.39, 0.29) is 6.54 Å². The quantitative estimate of drug-likeness (QED) is 0.918. The van der Waals surface area contributed by atoms with Crippen LogP contribution in [0.1, 0.15) is 5.56 Å². The Hall–Kier alpha value is -1.22. The summed E-state index contributed by atoms with van der Waals surface area (Å²) < 4.78 is 24.4. The lowest BCUT2D eigenvalue weighted by molar-refractivity contribution is -0.116. The number of halogens is 1. The molecule has 0 saturated heterocycles. The van der Waals surface area contributed by atoms with E-state index in [9.17, 15) is 13.2 Å². The summed E-state index contributed by atoms with van der Waals surface area (Å²) in [6.07, 6.45) is 1.04. The molecule has 9 heteroatoms. The van der Waals surface area contributed by atoms with Gasteiger partial charge in [0.15, 0.2) is 5.13 Å². The number of fused-ring (bicyclic) bond motifs is 1. The van der Waals surface area contributed by atoms with Crippen molar-refractivity contribution in [2.75, 3.05) is 25.2 Å². The van der Waals surface area contributed by atoms with E-state index < -0.39 is 15.9 Å². The Bertz CT molecular complexity index is 801. The Balaban J connectivity index is 2.17. The average Bonchev–Trinajstić information content (AvgIpc) is 2.76. The first-order chi connectivity index (χ1) is 9.68. The van der Waals surface area contributed by atoms with Crippen LogP contribution in [-0.4, -0.2) is 43.5 Å². The Morgan fingerprint density at radius 1 is 1.48 bits per heavy atom. The molecule has 2 aromatic rings. The molecule has 0 aliphatic carbocycles. The first-order valence-corrected chi connectivity index (χ1v) is 8.99. The van der Waals surface area contributed by atoms with Gasteiger partial charge >= 0.3 is 0 Å². The summed E-state index contributed by atoms with van der Waals surface area (Å²) in [5.41, 5.74) is 1.58. The third kappa shape index (κ3) is 3.70. The van der Waals surface area contributed by atoms with Crippen LogP contribution in [0.3, 0.4) is 0 Å². The summed E-state index contributed by atoms with van der Waals surface area (Å²) in [5, 5.41) is 3.63. The summed E-state index contributed by atoms with van der Waals surface area (Å²) in [7, 11) is -2.04. The van der Waals surface area contributed by atoms with Crippen molar-refractivity contribution < 1.29 is 13.2 Å². The highest BCUT2D eigenvalue weighted by Crippen LogP contribution is 2.31. The Labute approximate surface area is 131 Å². The lowest BCUT2D eigenvalue weighted by Gasteiger charge is -2.12. The molecule has 0 aliphatic rings. The number of carbonyl (C=O) groups is 1. The number of benzene rings is 1. The van der Waals surface area contributed by atoms with E-state index >= 15 is 0 Å². The molecule has 6 nitrogen and oxygen atoms in total. The van der Waals surface area contributed by atoms with Gasteiger partial charge in [-0.15, -0.1) is 0 Å². The molecule has 1 aromatic carbocycles. The fraction of sp³-hybridized carbons (Fsp3) is 0.333. The fourth-order valence-corrected chi connectivity index (χ4v) is 3.08. The molecular weight excluding hydrogens is 334 g/mol. The van der Waals surface area contributed by atoms with Gasteiger partial charge in [-0.1, -0.05) is 22.9 Å². The number of aromatic nitrogens is 1. The van der Waals surface area contributed by atoms with Crippen LogP contribution in [0.4, 0.5) is 5.13 Å². The summed E-state index contributed by atoms with van der Waals surface area (Å²) in [6, 6.07) is 3.61. The van der Waals surface area contributed by atoms with Gasteiger partial charge in [0.1, 0.15) is 0 Å². The summed E-state index contributed by atoms with van der Waals surface area (Å²) in [4.78, 5) is 16.1. The van der Waals surface area contributed by atoms with Gasteiger partial charge in [0.2, 0.25) is 15.9 Å². The van der Waals surface area contributed by atoms with Crippen molar-refractivity contribution in [2.24, 2.45) is 0 Å². The Kier molecular flexibility index (Phi) is 4.52. The summed E-state index contributed by atoms with van der Waals surface area (Å²) in [6.45, 7) is 1.60. The van der Waals surface area contributed by atoms with E-state index in [4.69, 9.17) is 11.6 Å². The number of hydrogen-bond donors (Lipinski definition) is 1. The smallest absolute Gasteiger partial charge is 0.241 e. The standard InChI is InChI=1S/C12H14ClN3O3S2/c1-7-8(13)4-5-9-11(7)15-12(20-9)14-10(17)6-16(2)21(3,18)19/h4-5H,6H2,1-3H3,(H,14,15,17). The molecular formula is C12H14ClN3O3S2. The van der Waals surface area contributed by atoms with E-state index in [1.807, 2.05) is 13.0 Å². The van der Waals surface area contributed by atoms with Crippen molar-refractivity contribution in [3.63, 3.8) is 0 Å². The minimum Gasteiger partial charge on any atom is -0.301 e. The number of amides is 1. The monoisotopic (exact) mass is 347 g/mol. The maximum atomic E-state index is 11.8. The molecule has 0 aliphatic heterocycles. The molecule has 0 atom stereocenters. The normalized spacial score (nSPS) is 12.0. The SMILES string of the molecule is Cc1c(Cl)ccc2sc(NC(=O)CN(C)S(C)(=O)=O)nc12. The predicted octanol–water partition coefficient (Wildman–Crippen LogP) is 2.09. The van der Waals surface area contributed by atoms with E-state index in [1.54, 1.807) is 6.07 Å². The summed E-state index contributed by atoms with van der Waals surface area (Å²) >= 11 is 7.34. The van der Waals surface area contributed by atoms with Gasteiger partial charge in [-0.3, -0.25) is 4.79 Å². The second-order valence-electron chi connectivity index (χ2n) is 4.61. The third-order valence-corrected chi connectivity index (χ3v) is 5.53. The van der Waals surface area contributed by atoms with Crippen LogP contribution in [0.25, 0.3) is 10.2 Å². The summed E-state index contributed by atoms with van der Waals surface area (Å²) in [5.74, 6) is -0.439. The highest BCUT2D eigenvalue weighted by atomic mass is 35.5. The zero-order valence-electron chi connectivity index (χ0n) is 11.7. The van der Waals surface area contributed by atoms with E-state index in [1.165, 1.54) is 18.4 Å².